The molecule has 5 rings (SSSR count). The van der Waals surface area contributed by atoms with Crippen molar-refractivity contribution in [2.24, 2.45) is 0 Å². The van der Waals surface area contributed by atoms with Gasteiger partial charge in [0.1, 0.15) is 11.4 Å². The minimum Gasteiger partial charge on any atom is -0.367 e. The van der Waals surface area contributed by atoms with Crippen LogP contribution in [0.4, 0.5) is 15.8 Å². The van der Waals surface area contributed by atoms with Crippen molar-refractivity contribution in [2.45, 2.75) is 13.0 Å². The Morgan fingerprint density at radius 3 is 2.59 bits per heavy atom. The van der Waals surface area contributed by atoms with Crippen molar-refractivity contribution in [3.05, 3.63) is 99.8 Å². The van der Waals surface area contributed by atoms with Gasteiger partial charge in [-0.3, -0.25) is 19.8 Å². The van der Waals surface area contributed by atoms with Gasteiger partial charge in [-0.1, -0.05) is 35.9 Å². The van der Waals surface area contributed by atoms with Gasteiger partial charge in [-0.25, -0.2) is 4.39 Å². The molecule has 2 heterocycles. The molecule has 2 amide bonds. The van der Waals surface area contributed by atoms with Crippen LogP contribution in [0.2, 0.25) is 5.02 Å². The number of carbonyl (C=O) groups is 2. The number of anilines is 2. The number of benzene rings is 3. The molecule has 1 fully saturated rings. The summed E-state index contributed by atoms with van der Waals surface area (Å²) in [5, 5.41) is 3.25. The van der Waals surface area contributed by atoms with Crippen LogP contribution in [0.15, 0.2) is 72.3 Å². The zero-order valence-corrected chi connectivity index (χ0v) is 19.5. The Labute approximate surface area is 206 Å². The first-order chi connectivity index (χ1) is 16.4. The van der Waals surface area contributed by atoms with Gasteiger partial charge in [0.15, 0.2) is 5.11 Å². The van der Waals surface area contributed by atoms with Crippen molar-refractivity contribution in [3.8, 4) is 0 Å². The van der Waals surface area contributed by atoms with Crippen molar-refractivity contribution in [1.82, 2.24) is 5.32 Å². The molecule has 0 saturated carbocycles. The maximum absolute atomic E-state index is 13.3. The number of hydrogen-bond donors (Lipinski definition) is 1. The lowest BCUT2D eigenvalue weighted by atomic mass is 10.0. The Morgan fingerprint density at radius 1 is 1.06 bits per heavy atom. The average Bonchev–Trinajstić information content (AvgIpc) is 3.21. The molecular formula is C26H19ClFN3O2S. The Balaban J connectivity index is 1.41. The summed E-state index contributed by atoms with van der Waals surface area (Å²) in [6.45, 7) is 1.56. The first-order valence-electron chi connectivity index (χ1n) is 10.7. The quantitative estimate of drug-likeness (QED) is 0.321. The lowest BCUT2D eigenvalue weighted by Crippen LogP contribution is -2.54. The highest BCUT2D eigenvalue weighted by molar-refractivity contribution is 7.80. The van der Waals surface area contributed by atoms with Crippen molar-refractivity contribution in [3.63, 3.8) is 0 Å². The van der Waals surface area contributed by atoms with E-state index in [-0.39, 0.29) is 10.7 Å². The van der Waals surface area contributed by atoms with E-state index in [1.165, 1.54) is 29.2 Å². The molecular weight excluding hydrogens is 473 g/mol. The molecule has 1 N–H and O–H groups in total. The molecule has 8 heteroatoms. The molecule has 0 atom stereocenters. The fourth-order valence-electron chi connectivity index (χ4n) is 4.23. The largest absolute Gasteiger partial charge is 0.367 e. The molecule has 0 aliphatic carbocycles. The number of thiocarbonyl (C=S) groups is 1. The Bertz CT molecular complexity index is 1360. The van der Waals surface area contributed by atoms with Gasteiger partial charge in [0.25, 0.3) is 11.8 Å². The minimum absolute atomic E-state index is 0.0382. The van der Waals surface area contributed by atoms with Crippen LogP contribution in [0.25, 0.3) is 6.08 Å². The molecule has 0 bridgehead atoms. The van der Waals surface area contributed by atoms with Crippen molar-refractivity contribution < 1.29 is 14.0 Å². The normalized spacial score (nSPS) is 16.8. The second-order valence-electron chi connectivity index (χ2n) is 8.09. The number of nitrogens with one attached hydrogen (secondary N) is 1. The van der Waals surface area contributed by atoms with Gasteiger partial charge in [-0.05, 0) is 83.9 Å². The first kappa shape index (κ1) is 22.3. The van der Waals surface area contributed by atoms with Gasteiger partial charge in [0, 0.05) is 23.8 Å². The monoisotopic (exact) mass is 491 g/mol. The Kier molecular flexibility index (Phi) is 5.89. The third-order valence-electron chi connectivity index (χ3n) is 5.91. The van der Waals surface area contributed by atoms with E-state index in [1.807, 2.05) is 42.5 Å². The van der Waals surface area contributed by atoms with Gasteiger partial charge in [-0.15, -0.1) is 0 Å². The van der Waals surface area contributed by atoms with Gasteiger partial charge in [-0.2, -0.15) is 0 Å². The standard InChI is InChI=1S/C26H19ClFN3O2S/c27-22-4-2-1-3-18(22)15-30-12-11-17-13-16(5-10-23(17)30)14-21-24(32)29-26(34)31(25(21)33)20-8-6-19(28)7-9-20/h1-10,13-14H,11-12,15H2,(H,29,32,34)/b21-14-. The minimum atomic E-state index is -0.561. The lowest BCUT2D eigenvalue weighted by molar-refractivity contribution is -0.122. The van der Waals surface area contributed by atoms with E-state index < -0.39 is 17.6 Å². The van der Waals surface area contributed by atoms with Crippen molar-refractivity contribution >= 4 is 58.2 Å². The second kappa shape index (κ2) is 9.00. The molecule has 1 saturated heterocycles. The number of carbonyl (C=O) groups excluding carboxylic acids is 2. The summed E-state index contributed by atoms with van der Waals surface area (Å²) in [6, 6.07) is 19.0. The molecule has 2 aliphatic heterocycles. The second-order valence-corrected chi connectivity index (χ2v) is 8.88. The van der Waals surface area contributed by atoms with Crippen molar-refractivity contribution in [1.29, 1.82) is 0 Å². The number of nitrogens with zero attached hydrogens (tertiary/aromatic N) is 2. The van der Waals surface area contributed by atoms with E-state index in [4.69, 9.17) is 23.8 Å². The summed E-state index contributed by atoms with van der Waals surface area (Å²) in [4.78, 5) is 29.2. The molecule has 3 aromatic rings. The smallest absolute Gasteiger partial charge is 0.270 e. The van der Waals surface area contributed by atoms with Crippen LogP contribution in [0.5, 0.6) is 0 Å². The highest BCUT2D eigenvalue weighted by Crippen LogP contribution is 2.32. The molecule has 0 radical (unpaired) electrons. The predicted molar refractivity (Wildman–Crippen MR) is 135 cm³/mol. The summed E-state index contributed by atoms with van der Waals surface area (Å²) in [5.74, 6) is -1.55. The van der Waals surface area contributed by atoms with E-state index in [2.05, 4.69) is 10.2 Å². The number of fused-ring (bicyclic) bond motifs is 1. The maximum Gasteiger partial charge on any atom is 0.270 e. The van der Waals surface area contributed by atoms with E-state index in [0.29, 0.717) is 12.2 Å². The maximum atomic E-state index is 13.3. The fourth-order valence-corrected chi connectivity index (χ4v) is 4.70. The van der Waals surface area contributed by atoms with Crippen LogP contribution in [0.1, 0.15) is 16.7 Å². The Hall–Kier alpha value is -3.55. The molecule has 170 valence electrons. The zero-order chi connectivity index (χ0) is 23.8. The number of amides is 2. The van der Waals surface area contributed by atoms with Gasteiger partial charge >= 0.3 is 0 Å². The Morgan fingerprint density at radius 2 is 1.82 bits per heavy atom. The molecule has 5 nitrogen and oxygen atoms in total. The molecule has 0 aromatic heterocycles. The number of halogens is 2. The van der Waals surface area contributed by atoms with Crippen LogP contribution >= 0.6 is 23.8 Å². The van der Waals surface area contributed by atoms with Crippen LogP contribution in [0.3, 0.4) is 0 Å². The third kappa shape index (κ3) is 4.20. The summed E-state index contributed by atoms with van der Waals surface area (Å²) in [6.07, 6.45) is 2.41. The highest BCUT2D eigenvalue weighted by Gasteiger charge is 2.34. The molecule has 0 unspecified atom stereocenters. The molecule has 0 spiro atoms. The van der Waals surface area contributed by atoms with Crippen molar-refractivity contribution in [2.75, 3.05) is 16.3 Å². The summed E-state index contributed by atoms with van der Waals surface area (Å²) in [7, 11) is 0. The summed E-state index contributed by atoms with van der Waals surface area (Å²) in [5.41, 5.74) is 4.38. The first-order valence-corrected chi connectivity index (χ1v) is 11.5. The van der Waals surface area contributed by atoms with Crippen LogP contribution in [-0.4, -0.2) is 23.5 Å². The van der Waals surface area contributed by atoms with Crippen LogP contribution in [-0.2, 0) is 22.6 Å². The van der Waals surface area contributed by atoms with Gasteiger partial charge < -0.3 is 4.90 Å². The number of rotatable bonds is 4. The highest BCUT2D eigenvalue weighted by atomic mass is 35.5. The van der Waals surface area contributed by atoms with E-state index >= 15 is 0 Å². The molecule has 34 heavy (non-hydrogen) atoms. The van der Waals surface area contributed by atoms with Gasteiger partial charge in [0.05, 0.1) is 5.69 Å². The number of hydrogen-bond acceptors (Lipinski definition) is 4. The van der Waals surface area contributed by atoms with E-state index in [0.717, 1.165) is 40.4 Å². The molecule has 3 aromatic carbocycles. The zero-order valence-electron chi connectivity index (χ0n) is 17.9. The average molecular weight is 492 g/mol. The van der Waals surface area contributed by atoms with Crippen LogP contribution < -0.4 is 15.1 Å². The van der Waals surface area contributed by atoms with E-state index in [9.17, 15) is 14.0 Å². The topological polar surface area (TPSA) is 52.7 Å². The third-order valence-corrected chi connectivity index (χ3v) is 6.57. The van der Waals surface area contributed by atoms with Crippen LogP contribution in [0, 0.1) is 5.82 Å². The predicted octanol–water partition coefficient (Wildman–Crippen LogP) is 4.87. The van der Waals surface area contributed by atoms with E-state index in [1.54, 1.807) is 6.08 Å². The fraction of sp³-hybridized carbons (Fsp3) is 0.115. The van der Waals surface area contributed by atoms with Gasteiger partial charge in [0.2, 0.25) is 0 Å². The SMILES string of the molecule is O=C1NC(=S)N(c2ccc(F)cc2)C(=O)/C1=C\c1ccc2c(c1)CCN2Cc1ccccc1Cl. The summed E-state index contributed by atoms with van der Waals surface area (Å²) >= 11 is 11.5. The molecule has 2 aliphatic rings. The summed E-state index contributed by atoms with van der Waals surface area (Å²) < 4.78 is 13.3. The lowest BCUT2D eigenvalue weighted by Gasteiger charge is -2.28.